The van der Waals surface area contributed by atoms with Crippen LogP contribution in [0.1, 0.15) is 21.5 Å². The van der Waals surface area contributed by atoms with Gasteiger partial charge in [0.05, 0.1) is 0 Å². The zero-order valence-corrected chi connectivity index (χ0v) is 12.2. The molecule has 0 aliphatic heterocycles. The highest BCUT2D eigenvalue weighted by atomic mass is 32.2. The lowest BCUT2D eigenvalue weighted by atomic mass is 10.0. The SMILES string of the molecule is CSc1ccc(NC(=O)c2cccc(C)c2C)cc1. The molecule has 2 rings (SSSR count). The van der Waals surface area contributed by atoms with Gasteiger partial charge in [0.25, 0.3) is 5.91 Å². The Kier molecular flexibility index (Phi) is 4.27. The monoisotopic (exact) mass is 271 g/mol. The first-order chi connectivity index (χ1) is 9.11. The molecular weight excluding hydrogens is 254 g/mol. The second-order valence-corrected chi connectivity index (χ2v) is 5.31. The Morgan fingerprint density at radius 1 is 1.05 bits per heavy atom. The molecule has 0 unspecified atom stereocenters. The Labute approximate surface area is 118 Å². The van der Waals surface area contributed by atoms with E-state index in [2.05, 4.69) is 5.32 Å². The second-order valence-electron chi connectivity index (χ2n) is 4.43. The summed E-state index contributed by atoms with van der Waals surface area (Å²) in [5.74, 6) is -0.0573. The van der Waals surface area contributed by atoms with Crippen molar-refractivity contribution in [2.45, 2.75) is 18.7 Å². The van der Waals surface area contributed by atoms with Crippen molar-refractivity contribution in [1.82, 2.24) is 0 Å². The molecule has 0 atom stereocenters. The summed E-state index contributed by atoms with van der Waals surface area (Å²) in [6, 6.07) is 13.6. The fourth-order valence-corrected chi connectivity index (χ4v) is 2.28. The molecular formula is C16H17NOS. The van der Waals surface area contributed by atoms with E-state index in [4.69, 9.17) is 0 Å². The first-order valence-corrected chi connectivity index (χ1v) is 7.36. The third kappa shape index (κ3) is 3.18. The molecule has 98 valence electrons. The largest absolute Gasteiger partial charge is 0.322 e. The van der Waals surface area contributed by atoms with Crippen LogP contribution in [0.4, 0.5) is 5.69 Å². The summed E-state index contributed by atoms with van der Waals surface area (Å²) in [5.41, 5.74) is 3.71. The molecule has 0 fully saturated rings. The standard InChI is InChI=1S/C16H17NOS/c1-11-5-4-6-15(12(11)2)16(18)17-13-7-9-14(19-3)10-8-13/h4-10H,1-3H3,(H,17,18). The molecule has 0 spiro atoms. The van der Waals surface area contributed by atoms with Crippen molar-refractivity contribution >= 4 is 23.4 Å². The lowest BCUT2D eigenvalue weighted by molar-refractivity contribution is 0.102. The molecule has 19 heavy (non-hydrogen) atoms. The van der Waals surface area contributed by atoms with E-state index in [1.165, 1.54) is 4.90 Å². The highest BCUT2D eigenvalue weighted by Crippen LogP contribution is 2.19. The van der Waals surface area contributed by atoms with Crippen LogP contribution in [0, 0.1) is 13.8 Å². The average Bonchev–Trinajstić information content (AvgIpc) is 2.42. The van der Waals surface area contributed by atoms with Crippen molar-refractivity contribution in [3.8, 4) is 0 Å². The fraction of sp³-hybridized carbons (Fsp3) is 0.188. The average molecular weight is 271 g/mol. The third-order valence-electron chi connectivity index (χ3n) is 3.20. The maximum atomic E-state index is 12.2. The topological polar surface area (TPSA) is 29.1 Å². The van der Waals surface area contributed by atoms with Gasteiger partial charge in [-0.25, -0.2) is 0 Å². The van der Waals surface area contributed by atoms with Gasteiger partial charge in [0.15, 0.2) is 0 Å². The fourth-order valence-electron chi connectivity index (χ4n) is 1.87. The minimum atomic E-state index is -0.0573. The summed E-state index contributed by atoms with van der Waals surface area (Å²) < 4.78 is 0. The van der Waals surface area contributed by atoms with Crippen LogP contribution in [-0.2, 0) is 0 Å². The van der Waals surface area contributed by atoms with Gasteiger partial charge in [-0.15, -0.1) is 11.8 Å². The molecule has 2 aromatic carbocycles. The molecule has 0 saturated heterocycles. The minimum Gasteiger partial charge on any atom is -0.322 e. The molecule has 0 heterocycles. The number of benzene rings is 2. The Bertz CT molecular complexity index is 590. The van der Waals surface area contributed by atoms with Gasteiger partial charge in [-0.3, -0.25) is 4.79 Å². The number of rotatable bonds is 3. The van der Waals surface area contributed by atoms with Crippen LogP contribution < -0.4 is 5.32 Å². The molecule has 0 aliphatic carbocycles. The number of nitrogens with one attached hydrogen (secondary N) is 1. The Morgan fingerprint density at radius 2 is 1.74 bits per heavy atom. The molecule has 2 aromatic rings. The smallest absolute Gasteiger partial charge is 0.255 e. The van der Waals surface area contributed by atoms with Crippen molar-refractivity contribution in [2.75, 3.05) is 11.6 Å². The summed E-state index contributed by atoms with van der Waals surface area (Å²) in [7, 11) is 0. The Morgan fingerprint density at radius 3 is 2.37 bits per heavy atom. The predicted octanol–water partition coefficient (Wildman–Crippen LogP) is 4.28. The Balaban J connectivity index is 2.18. The second kappa shape index (κ2) is 5.93. The summed E-state index contributed by atoms with van der Waals surface area (Å²) >= 11 is 1.68. The van der Waals surface area contributed by atoms with Crippen LogP contribution in [0.2, 0.25) is 0 Å². The number of hydrogen-bond donors (Lipinski definition) is 1. The van der Waals surface area contributed by atoms with Gasteiger partial charge in [0.2, 0.25) is 0 Å². The first kappa shape index (κ1) is 13.7. The van der Waals surface area contributed by atoms with Gasteiger partial charge in [-0.1, -0.05) is 12.1 Å². The van der Waals surface area contributed by atoms with Crippen LogP contribution in [0.5, 0.6) is 0 Å². The predicted molar refractivity (Wildman–Crippen MR) is 82.1 cm³/mol. The quantitative estimate of drug-likeness (QED) is 0.844. The van der Waals surface area contributed by atoms with E-state index in [1.54, 1.807) is 11.8 Å². The van der Waals surface area contributed by atoms with E-state index in [0.29, 0.717) is 0 Å². The maximum Gasteiger partial charge on any atom is 0.255 e. The molecule has 0 radical (unpaired) electrons. The van der Waals surface area contributed by atoms with Gasteiger partial charge in [0.1, 0.15) is 0 Å². The van der Waals surface area contributed by atoms with Crippen molar-refractivity contribution in [3.05, 3.63) is 59.2 Å². The molecule has 3 heteroatoms. The van der Waals surface area contributed by atoms with Crippen molar-refractivity contribution in [2.24, 2.45) is 0 Å². The number of anilines is 1. The first-order valence-electron chi connectivity index (χ1n) is 6.13. The Hall–Kier alpha value is -1.74. The molecule has 0 bridgehead atoms. The molecule has 1 amide bonds. The molecule has 0 aliphatic rings. The number of hydrogen-bond acceptors (Lipinski definition) is 2. The summed E-state index contributed by atoms with van der Waals surface area (Å²) in [6.45, 7) is 3.99. The van der Waals surface area contributed by atoms with E-state index in [1.807, 2.05) is 62.6 Å². The zero-order chi connectivity index (χ0) is 13.8. The van der Waals surface area contributed by atoms with Crippen molar-refractivity contribution < 1.29 is 4.79 Å². The van der Waals surface area contributed by atoms with Gasteiger partial charge in [0, 0.05) is 16.1 Å². The van der Waals surface area contributed by atoms with E-state index in [9.17, 15) is 4.79 Å². The highest BCUT2D eigenvalue weighted by Gasteiger charge is 2.10. The third-order valence-corrected chi connectivity index (χ3v) is 3.94. The van der Waals surface area contributed by atoms with E-state index < -0.39 is 0 Å². The lowest BCUT2D eigenvalue weighted by Gasteiger charge is -2.09. The normalized spacial score (nSPS) is 10.3. The molecule has 1 N–H and O–H groups in total. The summed E-state index contributed by atoms with van der Waals surface area (Å²) in [4.78, 5) is 13.4. The lowest BCUT2D eigenvalue weighted by Crippen LogP contribution is -2.13. The van der Waals surface area contributed by atoms with Gasteiger partial charge >= 0.3 is 0 Å². The number of carbonyl (C=O) groups is 1. The number of thioether (sulfide) groups is 1. The van der Waals surface area contributed by atoms with Gasteiger partial charge in [-0.05, 0) is 61.6 Å². The van der Waals surface area contributed by atoms with Gasteiger partial charge < -0.3 is 5.32 Å². The van der Waals surface area contributed by atoms with Crippen LogP contribution in [0.25, 0.3) is 0 Å². The van der Waals surface area contributed by atoms with Gasteiger partial charge in [-0.2, -0.15) is 0 Å². The minimum absolute atomic E-state index is 0.0573. The van der Waals surface area contributed by atoms with Crippen LogP contribution in [0.15, 0.2) is 47.4 Å². The van der Waals surface area contributed by atoms with E-state index in [0.717, 1.165) is 22.4 Å². The molecule has 2 nitrogen and oxygen atoms in total. The molecule has 0 aromatic heterocycles. The van der Waals surface area contributed by atoms with Crippen molar-refractivity contribution in [1.29, 1.82) is 0 Å². The highest BCUT2D eigenvalue weighted by molar-refractivity contribution is 7.98. The summed E-state index contributed by atoms with van der Waals surface area (Å²) in [5, 5.41) is 2.93. The number of carbonyl (C=O) groups excluding carboxylic acids is 1. The van der Waals surface area contributed by atoms with E-state index >= 15 is 0 Å². The van der Waals surface area contributed by atoms with E-state index in [-0.39, 0.29) is 5.91 Å². The number of amides is 1. The van der Waals surface area contributed by atoms with Crippen molar-refractivity contribution in [3.63, 3.8) is 0 Å². The van der Waals surface area contributed by atoms with Crippen LogP contribution in [-0.4, -0.2) is 12.2 Å². The number of aryl methyl sites for hydroxylation is 1. The van der Waals surface area contributed by atoms with Crippen LogP contribution in [0.3, 0.4) is 0 Å². The zero-order valence-electron chi connectivity index (χ0n) is 11.4. The molecule has 0 saturated carbocycles. The maximum absolute atomic E-state index is 12.2. The summed E-state index contributed by atoms with van der Waals surface area (Å²) in [6.07, 6.45) is 2.03. The van der Waals surface area contributed by atoms with Crippen LogP contribution >= 0.6 is 11.8 Å².